The van der Waals surface area contributed by atoms with E-state index in [-0.39, 0.29) is 0 Å². The lowest BCUT2D eigenvalue weighted by Gasteiger charge is -2.14. The van der Waals surface area contributed by atoms with Crippen LogP contribution < -0.4 is 10.6 Å². The van der Waals surface area contributed by atoms with E-state index in [2.05, 4.69) is 0 Å². The molecule has 74 valence electrons. The van der Waals surface area contributed by atoms with E-state index in [4.69, 9.17) is 5.73 Å². The number of rotatable bonds is 3. The first-order valence-corrected chi connectivity index (χ1v) is 4.35. The van der Waals surface area contributed by atoms with E-state index in [1.165, 1.54) is 6.08 Å². The lowest BCUT2D eigenvalue weighted by molar-refractivity contribution is -0.113. The van der Waals surface area contributed by atoms with Gasteiger partial charge in [-0.05, 0) is 17.7 Å². The Labute approximate surface area is 83.8 Å². The Bertz CT molecular complexity index is 356. The van der Waals surface area contributed by atoms with Crippen molar-refractivity contribution in [1.29, 1.82) is 0 Å². The molecule has 0 aromatic heterocycles. The van der Waals surface area contributed by atoms with Crippen molar-refractivity contribution < 1.29 is 4.79 Å². The zero-order valence-corrected chi connectivity index (χ0v) is 8.40. The summed E-state index contributed by atoms with van der Waals surface area (Å²) in [7, 11) is 3.91. The highest BCUT2D eigenvalue weighted by atomic mass is 16.1. The van der Waals surface area contributed by atoms with E-state index >= 15 is 0 Å². The second-order valence-electron chi connectivity index (χ2n) is 3.19. The number of nitrogens with zero attached hydrogens (tertiary/aromatic N) is 1. The topological polar surface area (TPSA) is 46.3 Å². The molecule has 1 aromatic carbocycles. The zero-order valence-electron chi connectivity index (χ0n) is 8.40. The summed E-state index contributed by atoms with van der Waals surface area (Å²) < 4.78 is 0. The van der Waals surface area contributed by atoms with Gasteiger partial charge >= 0.3 is 0 Å². The maximum Gasteiger partial charge on any atom is 0.241 e. The van der Waals surface area contributed by atoms with Gasteiger partial charge in [0, 0.05) is 25.9 Å². The highest BCUT2D eigenvalue weighted by Crippen LogP contribution is 2.18. The van der Waals surface area contributed by atoms with Gasteiger partial charge in [0.25, 0.3) is 0 Å². The van der Waals surface area contributed by atoms with Crippen LogP contribution in [0.3, 0.4) is 0 Å². The average molecular weight is 190 g/mol. The Hall–Kier alpha value is -1.77. The molecular weight excluding hydrogens is 176 g/mol. The third kappa shape index (κ3) is 2.62. The van der Waals surface area contributed by atoms with Crippen LogP contribution in [0.2, 0.25) is 0 Å². The Morgan fingerprint density at radius 2 is 2.00 bits per heavy atom. The van der Waals surface area contributed by atoms with Gasteiger partial charge in [-0.3, -0.25) is 4.79 Å². The Balaban J connectivity index is 3.01. The molecule has 14 heavy (non-hydrogen) atoms. The van der Waals surface area contributed by atoms with Crippen molar-refractivity contribution >= 4 is 17.7 Å². The van der Waals surface area contributed by atoms with Crippen molar-refractivity contribution in [3.63, 3.8) is 0 Å². The summed E-state index contributed by atoms with van der Waals surface area (Å²) in [6, 6.07) is 7.81. The number of hydrogen-bond donors (Lipinski definition) is 1. The molecule has 0 bridgehead atoms. The number of amides is 1. The van der Waals surface area contributed by atoms with Gasteiger partial charge < -0.3 is 10.6 Å². The molecule has 3 heteroatoms. The maximum atomic E-state index is 10.6. The number of benzene rings is 1. The Morgan fingerprint density at radius 1 is 1.36 bits per heavy atom. The SMILES string of the molecule is CN(C)c1ccccc1/C=C/C(N)=O. The first-order chi connectivity index (χ1) is 6.61. The highest BCUT2D eigenvalue weighted by Gasteiger charge is 1.99. The number of carbonyl (C=O) groups is 1. The van der Waals surface area contributed by atoms with E-state index in [9.17, 15) is 4.79 Å². The van der Waals surface area contributed by atoms with Crippen LogP contribution in [0.15, 0.2) is 30.3 Å². The largest absolute Gasteiger partial charge is 0.377 e. The minimum absolute atomic E-state index is 0.432. The van der Waals surface area contributed by atoms with Crippen LogP contribution in [0, 0.1) is 0 Å². The second kappa shape index (κ2) is 4.46. The third-order valence-electron chi connectivity index (χ3n) is 1.85. The minimum atomic E-state index is -0.432. The number of primary amides is 1. The van der Waals surface area contributed by atoms with Crippen molar-refractivity contribution in [3.8, 4) is 0 Å². The van der Waals surface area contributed by atoms with E-state index in [1.54, 1.807) is 6.08 Å². The molecule has 0 saturated heterocycles. The van der Waals surface area contributed by atoms with Crippen LogP contribution in [0.25, 0.3) is 6.08 Å². The van der Waals surface area contributed by atoms with Crippen molar-refractivity contribution in [3.05, 3.63) is 35.9 Å². The third-order valence-corrected chi connectivity index (χ3v) is 1.85. The van der Waals surface area contributed by atoms with E-state index in [0.29, 0.717) is 0 Å². The second-order valence-corrected chi connectivity index (χ2v) is 3.19. The van der Waals surface area contributed by atoms with Gasteiger partial charge in [0.2, 0.25) is 5.91 Å². The van der Waals surface area contributed by atoms with Crippen LogP contribution in [0.4, 0.5) is 5.69 Å². The smallest absolute Gasteiger partial charge is 0.241 e. The summed E-state index contributed by atoms with van der Waals surface area (Å²) in [5.74, 6) is -0.432. The van der Waals surface area contributed by atoms with Gasteiger partial charge in [0.05, 0.1) is 0 Å². The van der Waals surface area contributed by atoms with Crippen LogP contribution in [-0.4, -0.2) is 20.0 Å². The van der Waals surface area contributed by atoms with Crippen molar-refractivity contribution in [2.45, 2.75) is 0 Å². The van der Waals surface area contributed by atoms with Crippen molar-refractivity contribution in [2.75, 3.05) is 19.0 Å². The van der Waals surface area contributed by atoms with Gasteiger partial charge in [-0.1, -0.05) is 18.2 Å². The summed E-state index contributed by atoms with van der Waals surface area (Å²) in [4.78, 5) is 12.6. The van der Waals surface area contributed by atoms with Gasteiger partial charge in [-0.15, -0.1) is 0 Å². The fourth-order valence-corrected chi connectivity index (χ4v) is 1.21. The predicted octanol–water partition coefficient (Wildman–Crippen LogP) is 1.25. The van der Waals surface area contributed by atoms with E-state index in [0.717, 1.165) is 11.3 Å². The lowest BCUT2D eigenvalue weighted by atomic mass is 10.1. The fourth-order valence-electron chi connectivity index (χ4n) is 1.21. The summed E-state index contributed by atoms with van der Waals surface area (Å²) in [5.41, 5.74) is 7.07. The zero-order chi connectivity index (χ0) is 10.6. The van der Waals surface area contributed by atoms with Crippen LogP contribution in [0.5, 0.6) is 0 Å². The highest BCUT2D eigenvalue weighted by molar-refractivity contribution is 5.91. The number of nitrogens with two attached hydrogens (primary N) is 1. The molecule has 0 fully saturated rings. The predicted molar refractivity (Wildman–Crippen MR) is 59.0 cm³/mol. The molecule has 3 nitrogen and oxygen atoms in total. The van der Waals surface area contributed by atoms with Gasteiger partial charge in [0.1, 0.15) is 0 Å². The maximum absolute atomic E-state index is 10.6. The lowest BCUT2D eigenvalue weighted by Crippen LogP contribution is -2.10. The van der Waals surface area contributed by atoms with E-state index < -0.39 is 5.91 Å². The summed E-state index contributed by atoms with van der Waals surface area (Å²) in [6.45, 7) is 0. The Kier molecular flexibility index (Phi) is 3.29. The summed E-state index contributed by atoms with van der Waals surface area (Å²) in [5, 5.41) is 0. The molecular formula is C11H14N2O. The molecule has 0 aliphatic carbocycles. The van der Waals surface area contributed by atoms with Crippen LogP contribution >= 0.6 is 0 Å². The first kappa shape index (κ1) is 10.3. The van der Waals surface area contributed by atoms with Gasteiger partial charge in [-0.25, -0.2) is 0 Å². The monoisotopic (exact) mass is 190 g/mol. The minimum Gasteiger partial charge on any atom is -0.377 e. The normalized spacial score (nSPS) is 10.4. The molecule has 0 heterocycles. The molecule has 0 radical (unpaired) electrons. The average Bonchev–Trinajstić information content (AvgIpc) is 2.15. The van der Waals surface area contributed by atoms with Crippen molar-refractivity contribution in [1.82, 2.24) is 0 Å². The fraction of sp³-hybridized carbons (Fsp3) is 0.182. The quantitative estimate of drug-likeness (QED) is 0.729. The molecule has 1 aromatic rings. The molecule has 0 unspecified atom stereocenters. The summed E-state index contributed by atoms with van der Waals surface area (Å²) >= 11 is 0. The van der Waals surface area contributed by atoms with Gasteiger partial charge in [0.15, 0.2) is 0 Å². The standard InChI is InChI=1S/C11H14N2O/c1-13(2)10-6-4-3-5-9(10)7-8-11(12)14/h3-8H,1-2H3,(H2,12,14)/b8-7+. The molecule has 1 rings (SSSR count). The number of carbonyl (C=O) groups excluding carboxylic acids is 1. The number of hydrogen-bond acceptors (Lipinski definition) is 2. The van der Waals surface area contributed by atoms with E-state index in [1.807, 2.05) is 43.3 Å². The van der Waals surface area contributed by atoms with Gasteiger partial charge in [-0.2, -0.15) is 0 Å². The molecule has 0 saturated carbocycles. The molecule has 0 spiro atoms. The molecule has 1 amide bonds. The van der Waals surface area contributed by atoms with Crippen molar-refractivity contribution in [2.24, 2.45) is 5.73 Å². The summed E-state index contributed by atoms with van der Waals surface area (Å²) in [6.07, 6.45) is 3.08. The molecule has 2 N–H and O–H groups in total. The number of anilines is 1. The molecule has 0 atom stereocenters. The Morgan fingerprint density at radius 3 is 2.57 bits per heavy atom. The first-order valence-electron chi connectivity index (χ1n) is 4.35. The number of para-hydroxylation sites is 1. The molecule has 0 aliphatic heterocycles. The van der Waals surface area contributed by atoms with Crippen LogP contribution in [0.1, 0.15) is 5.56 Å². The van der Waals surface area contributed by atoms with Crippen LogP contribution in [-0.2, 0) is 4.79 Å². The molecule has 0 aliphatic rings.